The summed E-state index contributed by atoms with van der Waals surface area (Å²) < 4.78 is 30.8. The molecule has 11 heteroatoms. The molecule has 0 aliphatic carbocycles. The summed E-state index contributed by atoms with van der Waals surface area (Å²) in [5, 5.41) is 15.1. The minimum absolute atomic E-state index is 0.0775. The maximum Gasteiger partial charge on any atom is 0.341 e. The summed E-state index contributed by atoms with van der Waals surface area (Å²) in [7, 11) is -3.50. The van der Waals surface area contributed by atoms with Crippen LogP contribution in [0.5, 0.6) is 5.75 Å². The lowest BCUT2D eigenvalue weighted by Crippen LogP contribution is -2.16. The molecule has 4 rings (SSSR count). The Morgan fingerprint density at radius 1 is 1.07 bits per heavy atom. The molecule has 0 aliphatic rings. The van der Waals surface area contributed by atoms with Gasteiger partial charge in [-0.2, -0.15) is 0 Å². The van der Waals surface area contributed by atoms with E-state index in [1.165, 1.54) is 35.6 Å². The zero-order valence-electron chi connectivity index (χ0n) is 22.0. The number of carboxylic acid groups (broad SMARTS) is 1. The second-order valence-electron chi connectivity index (χ2n) is 9.09. The summed E-state index contributed by atoms with van der Waals surface area (Å²) >= 11 is 7.36. The van der Waals surface area contributed by atoms with E-state index in [-0.39, 0.29) is 22.1 Å². The van der Waals surface area contributed by atoms with Gasteiger partial charge in [0.15, 0.2) is 16.4 Å². The number of amides is 1. The normalized spacial score (nSPS) is 11.5. The van der Waals surface area contributed by atoms with Gasteiger partial charge in [0.1, 0.15) is 10.8 Å². The molecular formula is C30H27ClN2O6S2. The Labute approximate surface area is 247 Å². The lowest BCUT2D eigenvalue weighted by Gasteiger charge is -2.14. The van der Waals surface area contributed by atoms with Crippen LogP contribution in [0.3, 0.4) is 0 Å². The number of aromatic nitrogens is 1. The van der Waals surface area contributed by atoms with Crippen LogP contribution in [0.25, 0.3) is 12.2 Å². The predicted octanol–water partition coefficient (Wildman–Crippen LogP) is 6.40. The van der Waals surface area contributed by atoms with E-state index in [1.54, 1.807) is 30.3 Å². The summed E-state index contributed by atoms with van der Waals surface area (Å²) in [6, 6.07) is 18.0. The topological polar surface area (TPSA) is 123 Å². The van der Waals surface area contributed by atoms with E-state index in [0.717, 1.165) is 16.3 Å². The minimum atomic E-state index is -3.50. The van der Waals surface area contributed by atoms with Crippen molar-refractivity contribution in [2.24, 2.45) is 0 Å². The molecule has 0 atom stereocenters. The number of aryl methyl sites for hydroxylation is 2. The first-order valence-corrected chi connectivity index (χ1v) is 15.5. The number of hydrogen-bond acceptors (Lipinski definition) is 7. The number of hydrogen-bond donors (Lipinski definition) is 2. The smallest absolute Gasteiger partial charge is 0.341 e. The number of nitrogens with zero attached hydrogens (tertiary/aromatic N) is 1. The number of thiazole rings is 1. The van der Waals surface area contributed by atoms with E-state index in [9.17, 15) is 18.0 Å². The van der Waals surface area contributed by atoms with Gasteiger partial charge in [0, 0.05) is 21.7 Å². The fourth-order valence-corrected chi connectivity index (χ4v) is 6.09. The Balaban J connectivity index is 1.51. The lowest BCUT2D eigenvalue weighted by molar-refractivity contribution is -0.139. The van der Waals surface area contributed by atoms with Crippen molar-refractivity contribution in [2.75, 3.05) is 17.7 Å². The molecule has 4 aromatic rings. The highest BCUT2D eigenvalue weighted by Crippen LogP contribution is 2.28. The van der Waals surface area contributed by atoms with Crippen LogP contribution in [0.15, 0.2) is 77.0 Å². The molecule has 0 saturated carbocycles. The molecule has 0 unspecified atom stereocenters. The zero-order valence-corrected chi connectivity index (χ0v) is 24.4. The van der Waals surface area contributed by atoms with Gasteiger partial charge in [-0.3, -0.25) is 4.79 Å². The number of carbonyl (C=O) groups excluding carboxylic acids is 1. The van der Waals surface area contributed by atoms with Gasteiger partial charge in [-0.1, -0.05) is 41.9 Å². The van der Waals surface area contributed by atoms with Crippen molar-refractivity contribution in [2.45, 2.75) is 24.7 Å². The number of nitrogens with one attached hydrogen (secondary N) is 1. The Bertz CT molecular complexity index is 1680. The molecule has 8 nitrogen and oxygen atoms in total. The Hall–Kier alpha value is -3.99. The van der Waals surface area contributed by atoms with Crippen LogP contribution in [-0.4, -0.2) is 42.7 Å². The van der Waals surface area contributed by atoms with E-state index in [4.69, 9.17) is 21.4 Å². The van der Waals surface area contributed by atoms with Gasteiger partial charge in [0.25, 0.3) is 5.91 Å². The molecule has 1 heterocycles. The second kappa shape index (κ2) is 13.6. The highest BCUT2D eigenvalue weighted by Gasteiger charge is 2.17. The molecule has 3 aromatic carbocycles. The van der Waals surface area contributed by atoms with E-state index in [1.807, 2.05) is 36.6 Å². The average Bonchev–Trinajstić information content (AvgIpc) is 3.36. The number of benzene rings is 3. The van der Waals surface area contributed by atoms with Gasteiger partial charge >= 0.3 is 5.97 Å². The van der Waals surface area contributed by atoms with Crippen LogP contribution in [0, 0.1) is 6.92 Å². The number of ether oxygens (including phenoxy) is 1. The highest BCUT2D eigenvalue weighted by molar-refractivity contribution is 7.91. The summed E-state index contributed by atoms with van der Waals surface area (Å²) in [5.41, 5.74) is 3.03. The number of carboxylic acids is 1. The SMILES string of the molecule is Cc1csc(/C=C/c2ccccc2C(=O)Nc2cc(CCCS(=O)(=O)c3ccc(Cl)cc3)ccc2OCC(=O)O)n1. The fourth-order valence-electron chi connectivity index (χ4n) is 3.97. The number of aliphatic carboxylic acids is 1. The second-order valence-corrected chi connectivity index (χ2v) is 12.5. The van der Waals surface area contributed by atoms with Crippen LogP contribution in [0.1, 0.15) is 38.6 Å². The van der Waals surface area contributed by atoms with Crippen LogP contribution in [0.2, 0.25) is 5.02 Å². The van der Waals surface area contributed by atoms with E-state index < -0.39 is 28.3 Å². The molecule has 0 saturated heterocycles. The van der Waals surface area contributed by atoms with Gasteiger partial charge in [0.05, 0.1) is 16.3 Å². The van der Waals surface area contributed by atoms with E-state index in [2.05, 4.69) is 10.3 Å². The maximum absolute atomic E-state index is 13.4. The van der Waals surface area contributed by atoms with Gasteiger partial charge < -0.3 is 15.2 Å². The standard InChI is InChI=1S/C30H27ClN2O6S2/c1-20-19-40-28(32-20)15-9-22-6-2-3-7-25(22)30(36)33-26-17-21(8-14-27(26)39-18-29(34)35)5-4-16-41(37,38)24-12-10-23(31)11-13-24/h2-3,6-15,17,19H,4-5,16,18H2,1H3,(H,33,36)(H,34,35)/b15-9+. The van der Waals surface area contributed by atoms with Crippen LogP contribution < -0.4 is 10.1 Å². The third kappa shape index (κ3) is 8.50. The third-order valence-corrected chi connectivity index (χ3v) is 8.94. The van der Waals surface area contributed by atoms with Crippen molar-refractivity contribution in [3.8, 4) is 5.75 Å². The average molecular weight is 611 g/mol. The van der Waals surface area contributed by atoms with Crippen LogP contribution >= 0.6 is 22.9 Å². The van der Waals surface area contributed by atoms with Gasteiger partial charge in [-0.05, 0) is 79.4 Å². The molecule has 0 aliphatic heterocycles. The lowest BCUT2D eigenvalue weighted by atomic mass is 10.1. The molecule has 0 spiro atoms. The van der Waals surface area contributed by atoms with Crippen LogP contribution in [-0.2, 0) is 21.1 Å². The number of carbonyl (C=O) groups is 2. The molecule has 41 heavy (non-hydrogen) atoms. The van der Waals surface area contributed by atoms with Gasteiger partial charge in [-0.25, -0.2) is 18.2 Å². The first-order valence-electron chi connectivity index (χ1n) is 12.6. The third-order valence-electron chi connectivity index (χ3n) is 5.94. The van der Waals surface area contributed by atoms with Crippen molar-refractivity contribution >= 4 is 62.5 Å². The van der Waals surface area contributed by atoms with Crippen LogP contribution in [0.4, 0.5) is 5.69 Å². The van der Waals surface area contributed by atoms with Crippen molar-refractivity contribution in [1.82, 2.24) is 4.98 Å². The summed E-state index contributed by atoms with van der Waals surface area (Å²) in [6.07, 6.45) is 4.38. The first kappa shape index (κ1) is 30.0. The predicted molar refractivity (Wildman–Crippen MR) is 162 cm³/mol. The van der Waals surface area contributed by atoms with Gasteiger partial charge in [-0.15, -0.1) is 11.3 Å². The van der Waals surface area contributed by atoms with Gasteiger partial charge in [0.2, 0.25) is 0 Å². The molecule has 0 radical (unpaired) electrons. The molecule has 0 bridgehead atoms. The molecular weight excluding hydrogens is 584 g/mol. The van der Waals surface area contributed by atoms with Crippen molar-refractivity contribution in [3.63, 3.8) is 0 Å². The number of sulfone groups is 1. The zero-order chi connectivity index (χ0) is 29.4. The summed E-state index contributed by atoms with van der Waals surface area (Å²) in [4.78, 5) is 29.1. The van der Waals surface area contributed by atoms with E-state index >= 15 is 0 Å². The van der Waals surface area contributed by atoms with Crippen molar-refractivity contribution in [1.29, 1.82) is 0 Å². The maximum atomic E-state index is 13.4. The largest absolute Gasteiger partial charge is 0.480 e. The van der Waals surface area contributed by atoms with Crippen molar-refractivity contribution in [3.05, 3.63) is 105 Å². The molecule has 2 N–H and O–H groups in total. The fraction of sp³-hybridized carbons (Fsp3) is 0.167. The summed E-state index contributed by atoms with van der Waals surface area (Å²) in [5.74, 6) is -1.47. The Morgan fingerprint density at radius 2 is 1.83 bits per heavy atom. The summed E-state index contributed by atoms with van der Waals surface area (Å²) in [6.45, 7) is 1.32. The molecule has 0 fully saturated rings. The monoisotopic (exact) mass is 610 g/mol. The Morgan fingerprint density at radius 3 is 2.54 bits per heavy atom. The number of halogens is 1. The minimum Gasteiger partial charge on any atom is -0.480 e. The quantitative estimate of drug-likeness (QED) is 0.190. The number of anilines is 1. The first-order chi connectivity index (χ1) is 19.6. The number of rotatable bonds is 12. The molecule has 1 amide bonds. The Kier molecular flexibility index (Phi) is 9.93. The molecule has 1 aromatic heterocycles. The van der Waals surface area contributed by atoms with E-state index in [0.29, 0.717) is 29.0 Å². The molecule has 212 valence electrons. The van der Waals surface area contributed by atoms with Crippen molar-refractivity contribution < 1.29 is 27.9 Å². The highest BCUT2D eigenvalue weighted by atomic mass is 35.5.